The molecule has 1 aliphatic rings. The second-order valence-corrected chi connectivity index (χ2v) is 7.64. The summed E-state index contributed by atoms with van der Waals surface area (Å²) in [7, 11) is -1.82. The Balaban J connectivity index is 0.00000242. The molecule has 1 saturated carbocycles. The Labute approximate surface area is 139 Å². The molecule has 0 spiro atoms. The van der Waals surface area contributed by atoms with E-state index < -0.39 is 10.0 Å². The van der Waals surface area contributed by atoms with Crippen LogP contribution in [0.25, 0.3) is 0 Å². The number of nitrogens with one attached hydrogen (secondary N) is 1. The zero-order valence-corrected chi connectivity index (χ0v) is 15.1. The Bertz CT molecular complexity index is 594. The van der Waals surface area contributed by atoms with Gasteiger partial charge in [-0.1, -0.05) is 19.3 Å². The lowest BCUT2D eigenvalue weighted by Gasteiger charge is -2.29. The topological polar surface area (TPSA) is 90.0 Å². The fourth-order valence-corrected chi connectivity index (χ4v) is 5.03. The fourth-order valence-electron chi connectivity index (χ4n) is 3.27. The van der Waals surface area contributed by atoms with Crippen LogP contribution in [0.5, 0.6) is 0 Å². The molecule has 0 amide bonds. The van der Waals surface area contributed by atoms with E-state index in [9.17, 15) is 8.42 Å². The molecule has 0 radical (unpaired) electrons. The summed E-state index contributed by atoms with van der Waals surface area (Å²) in [5, 5.41) is 4.19. The quantitative estimate of drug-likeness (QED) is 0.844. The second-order valence-electron chi connectivity index (χ2n) is 5.99. The molecule has 3 N–H and O–H groups in total. The number of rotatable bonds is 5. The first-order chi connectivity index (χ1) is 9.86. The highest BCUT2D eigenvalue weighted by molar-refractivity contribution is 7.89. The van der Waals surface area contributed by atoms with Gasteiger partial charge in [0.25, 0.3) is 0 Å². The number of hydrogen-bond donors (Lipinski definition) is 2. The van der Waals surface area contributed by atoms with E-state index in [1.165, 1.54) is 6.42 Å². The van der Waals surface area contributed by atoms with Gasteiger partial charge in [0.15, 0.2) is 0 Å². The van der Waals surface area contributed by atoms with E-state index in [-0.39, 0.29) is 18.4 Å². The van der Waals surface area contributed by atoms with Crippen LogP contribution in [0.2, 0.25) is 0 Å². The number of aromatic nitrogens is 2. The van der Waals surface area contributed by atoms with Crippen molar-refractivity contribution in [2.75, 3.05) is 6.54 Å². The molecule has 0 aromatic carbocycles. The number of nitrogens with zero attached hydrogens (tertiary/aromatic N) is 2. The third-order valence-corrected chi connectivity index (χ3v) is 6.23. The molecule has 6 nitrogen and oxygen atoms in total. The van der Waals surface area contributed by atoms with Gasteiger partial charge in [0, 0.05) is 19.6 Å². The Morgan fingerprint density at radius 1 is 1.32 bits per heavy atom. The number of halogens is 1. The van der Waals surface area contributed by atoms with Crippen molar-refractivity contribution in [2.24, 2.45) is 18.7 Å². The van der Waals surface area contributed by atoms with Crippen molar-refractivity contribution in [1.82, 2.24) is 14.5 Å². The molecule has 1 fully saturated rings. The van der Waals surface area contributed by atoms with Crippen LogP contribution in [-0.2, 0) is 17.1 Å². The van der Waals surface area contributed by atoms with Crippen molar-refractivity contribution < 1.29 is 8.42 Å². The molecule has 0 bridgehead atoms. The molecule has 1 aromatic heterocycles. The highest BCUT2D eigenvalue weighted by atomic mass is 35.5. The van der Waals surface area contributed by atoms with Crippen LogP contribution in [-0.4, -0.2) is 30.8 Å². The van der Waals surface area contributed by atoms with Crippen molar-refractivity contribution in [2.45, 2.75) is 56.9 Å². The molecule has 8 heteroatoms. The number of aryl methyl sites for hydroxylation is 2. The summed E-state index contributed by atoms with van der Waals surface area (Å²) in [5.41, 5.74) is 7.00. The zero-order chi connectivity index (χ0) is 15.6. The first kappa shape index (κ1) is 19.4. The van der Waals surface area contributed by atoms with E-state index in [1.807, 2.05) is 0 Å². The Kier molecular flexibility index (Phi) is 6.85. The molecule has 0 aliphatic heterocycles. The van der Waals surface area contributed by atoms with E-state index in [2.05, 4.69) is 9.82 Å². The van der Waals surface area contributed by atoms with Gasteiger partial charge in [-0.3, -0.25) is 4.68 Å². The molecular weight excluding hydrogens is 324 g/mol. The van der Waals surface area contributed by atoms with Gasteiger partial charge in [-0.05, 0) is 32.6 Å². The monoisotopic (exact) mass is 350 g/mol. The molecule has 1 heterocycles. The van der Waals surface area contributed by atoms with E-state index in [0.717, 1.165) is 25.7 Å². The zero-order valence-electron chi connectivity index (χ0n) is 13.5. The van der Waals surface area contributed by atoms with Crippen LogP contribution in [0, 0.1) is 19.8 Å². The van der Waals surface area contributed by atoms with Crippen LogP contribution >= 0.6 is 12.4 Å². The second kappa shape index (κ2) is 7.77. The normalized spacial score (nSPS) is 18.0. The maximum atomic E-state index is 12.7. The van der Waals surface area contributed by atoms with E-state index in [1.54, 1.807) is 25.6 Å². The van der Waals surface area contributed by atoms with Gasteiger partial charge in [-0.25, -0.2) is 13.1 Å². The number of nitrogens with two attached hydrogens (primary N) is 1. The van der Waals surface area contributed by atoms with Crippen molar-refractivity contribution in [3.8, 4) is 0 Å². The first-order valence-electron chi connectivity index (χ1n) is 7.59. The Hall–Kier alpha value is -0.630. The average molecular weight is 351 g/mol. The van der Waals surface area contributed by atoms with E-state index in [4.69, 9.17) is 5.73 Å². The molecule has 1 atom stereocenters. The summed E-state index contributed by atoms with van der Waals surface area (Å²) in [4.78, 5) is 0.291. The highest BCUT2D eigenvalue weighted by Gasteiger charge is 2.30. The number of hydrogen-bond acceptors (Lipinski definition) is 4. The average Bonchev–Trinajstić information content (AvgIpc) is 2.71. The fraction of sp³-hybridized carbons (Fsp3) is 0.786. The SMILES string of the molecule is Cc1nn(C)c(C)c1S(=O)(=O)NC(CN)C1CCCCC1.Cl. The molecule has 128 valence electrons. The summed E-state index contributed by atoms with van der Waals surface area (Å²) in [6.07, 6.45) is 5.66. The van der Waals surface area contributed by atoms with Crippen molar-refractivity contribution in [3.05, 3.63) is 11.4 Å². The minimum absolute atomic E-state index is 0. The van der Waals surface area contributed by atoms with Gasteiger partial charge in [0.05, 0.1) is 11.4 Å². The molecule has 1 aliphatic carbocycles. The third kappa shape index (κ3) is 4.01. The predicted octanol–water partition coefficient (Wildman–Crippen LogP) is 1.64. The summed E-state index contributed by atoms with van der Waals surface area (Å²) in [6, 6.07) is -0.186. The minimum atomic E-state index is -3.57. The largest absolute Gasteiger partial charge is 0.329 e. The van der Waals surface area contributed by atoms with E-state index >= 15 is 0 Å². The third-order valence-electron chi connectivity index (χ3n) is 4.49. The maximum absolute atomic E-state index is 12.7. The molecular formula is C14H27ClN4O2S. The van der Waals surface area contributed by atoms with Crippen LogP contribution in [0.15, 0.2) is 4.90 Å². The number of sulfonamides is 1. The van der Waals surface area contributed by atoms with Crippen LogP contribution in [0.1, 0.15) is 43.5 Å². The smallest absolute Gasteiger partial charge is 0.244 e. The van der Waals surface area contributed by atoms with Gasteiger partial charge in [0.1, 0.15) is 4.90 Å². The summed E-state index contributed by atoms with van der Waals surface area (Å²) < 4.78 is 29.8. The van der Waals surface area contributed by atoms with Crippen LogP contribution < -0.4 is 10.5 Å². The molecule has 1 aromatic rings. The standard InChI is InChI=1S/C14H26N4O2S.ClH/c1-10-14(11(2)18(3)16-10)21(19,20)17-13(9-15)12-7-5-4-6-8-12;/h12-13,17H,4-9,15H2,1-3H3;1H. The lowest BCUT2D eigenvalue weighted by molar-refractivity contribution is 0.294. The summed E-state index contributed by atoms with van der Waals surface area (Å²) in [6.45, 7) is 3.83. The first-order valence-corrected chi connectivity index (χ1v) is 9.07. The van der Waals surface area contributed by atoms with Gasteiger partial charge < -0.3 is 5.73 Å². The Morgan fingerprint density at radius 2 is 1.91 bits per heavy atom. The van der Waals surface area contributed by atoms with Crippen molar-refractivity contribution >= 4 is 22.4 Å². The Morgan fingerprint density at radius 3 is 2.36 bits per heavy atom. The van der Waals surface area contributed by atoms with Gasteiger partial charge >= 0.3 is 0 Å². The summed E-state index contributed by atoms with van der Waals surface area (Å²) in [5.74, 6) is 0.343. The minimum Gasteiger partial charge on any atom is -0.329 e. The van der Waals surface area contributed by atoms with Crippen LogP contribution in [0.3, 0.4) is 0 Å². The molecule has 2 rings (SSSR count). The van der Waals surface area contributed by atoms with Gasteiger partial charge in [0.2, 0.25) is 10.0 Å². The highest BCUT2D eigenvalue weighted by Crippen LogP contribution is 2.27. The molecule has 22 heavy (non-hydrogen) atoms. The lowest BCUT2D eigenvalue weighted by atomic mass is 9.84. The predicted molar refractivity (Wildman–Crippen MR) is 89.7 cm³/mol. The molecule has 1 unspecified atom stereocenters. The lowest BCUT2D eigenvalue weighted by Crippen LogP contribution is -2.46. The van der Waals surface area contributed by atoms with Crippen molar-refractivity contribution in [1.29, 1.82) is 0 Å². The van der Waals surface area contributed by atoms with Crippen molar-refractivity contribution in [3.63, 3.8) is 0 Å². The van der Waals surface area contributed by atoms with Gasteiger partial charge in [-0.15, -0.1) is 12.4 Å². The van der Waals surface area contributed by atoms with E-state index in [0.29, 0.717) is 28.7 Å². The molecule has 0 saturated heterocycles. The summed E-state index contributed by atoms with van der Waals surface area (Å²) >= 11 is 0. The van der Waals surface area contributed by atoms with Crippen LogP contribution in [0.4, 0.5) is 0 Å². The maximum Gasteiger partial charge on any atom is 0.244 e. The van der Waals surface area contributed by atoms with Gasteiger partial charge in [-0.2, -0.15) is 5.10 Å².